The lowest BCUT2D eigenvalue weighted by atomic mass is 10.1. The van der Waals surface area contributed by atoms with E-state index in [2.05, 4.69) is 10.6 Å². The molecule has 0 bridgehead atoms. The number of methoxy groups -OCH3 is 1. The van der Waals surface area contributed by atoms with Crippen LogP contribution in [0.15, 0.2) is 18.2 Å². The number of benzene rings is 1. The number of carbonyl (C=O) groups is 2. The molecule has 6 heteroatoms. The first kappa shape index (κ1) is 15.8. The molecule has 110 valence electrons. The summed E-state index contributed by atoms with van der Waals surface area (Å²) in [4.78, 5) is 22.3. The van der Waals surface area contributed by atoms with E-state index in [9.17, 15) is 9.59 Å². The molecule has 0 spiro atoms. The summed E-state index contributed by atoms with van der Waals surface area (Å²) >= 11 is 0. The first-order chi connectivity index (χ1) is 9.43. The minimum atomic E-state index is -0.863. The summed E-state index contributed by atoms with van der Waals surface area (Å²) in [5, 5.41) is 14.1. The van der Waals surface area contributed by atoms with Gasteiger partial charge in [0, 0.05) is 12.2 Å². The van der Waals surface area contributed by atoms with Crippen LogP contribution in [0, 0.1) is 12.8 Å². The topological polar surface area (TPSA) is 87.7 Å². The van der Waals surface area contributed by atoms with E-state index in [0.29, 0.717) is 18.7 Å². The highest BCUT2D eigenvalue weighted by Crippen LogP contribution is 2.20. The number of aryl methyl sites for hydroxylation is 1. The molecule has 0 heterocycles. The molecular formula is C14H20N2O4. The van der Waals surface area contributed by atoms with Crippen molar-refractivity contribution in [3.05, 3.63) is 23.8 Å². The molecule has 1 aromatic carbocycles. The van der Waals surface area contributed by atoms with Crippen LogP contribution in [0.1, 0.15) is 18.9 Å². The zero-order valence-corrected chi connectivity index (χ0v) is 11.9. The van der Waals surface area contributed by atoms with Crippen molar-refractivity contribution >= 4 is 17.7 Å². The van der Waals surface area contributed by atoms with Gasteiger partial charge in [-0.05, 0) is 37.1 Å². The van der Waals surface area contributed by atoms with E-state index >= 15 is 0 Å². The van der Waals surface area contributed by atoms with Crippen molar-refractivity contribution in [3.8, 4) is 5.75 Å². The molecule has 0 radical (unpaired) electrons. The standard InChI is InChI=1S/C14H20N2O4/c1-9(13(17)18)6-7-15-14(19)16-12-5-4-11(20-3)8-10(12)2/h4-5,8-9H,6-7H2,1-3H3,(H,17,18)(H2,15,16,19). The van der Waals surface area contributed by atoms with Crippen LogP contribution in [0.2, 0.25) is 0 Å². The smallest absolute Gasteiger partial charge is 0.319 e. The van der Waals surface area contributed by atoms with Crippen LogP contribution >= 0.6 is 0 Å². The first-order valence-electron chi connectivity index (χ1n) is 6.36. The summed E-state index contributed by atoms with van der Waals surface area (Å²) in [6.45, 7) is 3.79. The number of rotatable bonds is 6. The third kappa shape index (κ3) is 4.79. The van der Waals surface area contributed by atoms with E-state index in [1.807, 2.05) is 13.0 Å². The zero-order valence-electron chi connectivity index (χ0n) is 11.9. The number of carboxylic acid groups (broad SMARTS) is 1. The molecule has 0 aliphatic heterocycles. The minimum absolute atomic E-state index is 0.314. The average Bonchev–Trinajstić information content (AvgIpc) is 2.40. The van der Waals surface area contributed by atoms with E-state index < -0.39 is 11.9 Å². The zero-order chi connectivity index (χ0) is 15.1. The molecule has 0 aliphatic rings. The van der Waals surface area contributed by atoms with Gasteiger partial charge in [-0.1, -0.05) is 6.92 Å². The highest BCUT2D eigenvalue weighted by Gasteiger charge is 2.11. The van der Waals surface area contributed by atoms with Gasteiger partial charge in [0.1, 0.15) is 5.75 Å². The summed E-state index contributed by atoms with van der Waals surface area (Å²) in [5.74, 6) is -0.611. The molecule has 1 unspecified atom stereocenters. The number of carboxylic acids is 1. The van der Waals surface area contributed by atoms with E-state index in [1.54, 1.807) is 26.2 Å². The van der Waals surface area contributed by atoms with Gasteiger partial charge in [-0.15, -0.1) is 0 Å². The largest absolute Gasteiger partial charge is 0.497 e. The number of urea groups is 1. The lowest BCUT2D eigenvalue weighted by molar-refractivity contribution is -0.141. The molecule has 1 rings (SSSR count). The highest BCUT2D eigenvalue weighted by atomic mass is 16.5. The van der Waals surface area contributed by atoms with Gasteiger partial charge in [0.25, 0.3) is 0 Å². The molecule has 0 fully saturated rings. The maximum atomic E-state index is 11.7. The number of hydrogen-bond donors (Lipinski definition) is 3. The lowest BCUT2D eigenvalue weighted by Crippen LogP contribution is -2.31. The summed E-state index contributed by atoms with van der Waals surface area (Å²) in [5.41, 5.74) is 1.58. The van der Waals surface area contributed by atoms with Crippen LogP contribution in [0.25, 0.3) is 0 Å². The van der Waals surface area contributed by atoms with Crippen molar-refractivity contribution in [1.82, 2.24) is 5.32 Å². The van der Waals surface area contributed by atoms with Crippen molar-refractivity contribution in [3.63, 3.8) is 0 Å². The molecule has 20 heavy (non-hydrogen) atoms. The Morgan fingerprint density at radius 1 is 1.40 bits per heavy atom. The van der Waals surface area contributed by atoms with E-state index in [4.69, 9.17) is 9.84 Å². The quantitative estimate of drug-likeness (QED) is 0.745. The number of anilines is 1. The van der Waals surface area contributed by atoms with Crippen molar-refractivity contribution in [2.24, 2.45) is 5.92 Å². The molecule has 6 nitrogen and oxygen atoms in total. The number of amides is 2. The summed E-state index contributed by atoms with van der Waals surface area (Å²) < 4.78 is 5.08. The fourth-order valence-electron chi connectivity index (χ4n) is 1.60. The molecule has 0 aromatic heterocycles. The summed E-state index contributed by atoms with van der Waals surface area (Å²) in [6, 6.07) is 4.99. The number of aliphatic carboxylic acids is 1. The summed E-state index contributed by atoms with van der Waals surface area (Å²) in [7, 11) is 1.58. The van der Waals surface area contributed by atoms with Crippen molar-refractivity contribution in [2.45, 2.75) is 20.3 Å². The maximum Gasteiger partial charge on any atom is 0.319 e. The van der Waals surface area contributed by atoms with E-state index in [0.717, 1.165) is 11.3 Å². The Labute approximate surface area is 118 Å². The van der Waals surface area contributed by atoms with Crippen LogP contribution < -0.4 is 15.4 Å². The van der Waals surface area contributed by atoms with Crippen LogP contribution in [0.3, 0.4) is 0 Å². The van der Waals surface area contributed by atoms with Gasteiger partial charge in [0.15, 0.2) is 0 Å². The SMILES string of the molecule is COc1ccc(NC(=O)NCCC(C)C(=O)O)c(C)c1. The minimum Gasteiger partial charge on any atom is -0.497 e. The van der Waals surface area contributed by atoms with Crippen molar-refractivity contribution < 1.29 is 19.4 Å². The fourth-order valence-corrected chi connectivity index (χ4v) is 1.60. The molecule has 3 N–H and O–H groups in total. The van der Waals surface area contributed by atoms with Gasteiger partial charge < -0.3 is 20.5 Å². The van der Waals surface area contributed by atoms with Gasteiger partial charge in [-0.25, -0.2) is 4.79 Å². The van der Waals surface area contributed by atoms with E-state index in [1.165, 1.54) is 0 Å². The maximum absolute atomic E-state index is 11.7. The Bertz CT molecular complexity index is 488. The van der Waals surface area contributed by atoms with Gasteiger partial charge in [-0.2, -0.15) is 0 Å². The Hall–Kier alpha value is -2.24. The molecule has 2 amide bonds. The number of carbonyl (C=O) groups excluding carboxylic acids is 1. The monoisotopic (exact) mass is 280 g/mol. The van der Waals surface area contributed by atoms with Gasteiger partial charge in [0.05, 0.1) is 13.0 Å². The van der Waals surface area contributed by atoms with Crippen LogP contribution in [0.5, 0.6) is 5.75 Å². The van der Waals surface area contributed by atoms with Crippen LogP contribution in [0.4, 0.5) is 10.5 Å². The lowest BCUT2D eigenvalue weighted by Gasteiger charge is -2.11. The normalized spacial score (nSPS) is 11.6. The second kappa shape index (κ2) is 7.37. The highest BCUT2D eigenvalue weighted by molar-refractivity contribution is 5.90. The number of nitrogens with one attached hydrogen (secondary N) is 2. The Morgan fingerprint density at radius 2 is 2.10 bits per heavy atom. The molecule has 1 aromatic rings. The predicted octanol–water partition coefficient (Wildman–Crippen LogP) is 2.24. The van der Waals surface area contributed by atoms with Crippen molar-refractivity contribution in [1.29, 1.82) is 0 Å². The average molecular weight is 280 g/mol. The third-order valence-electron chi connectivity index (χ3n) is 2.97. The van der Waals surface area contributed by atoms with Crippen molar-refractivity contribution in [2.75, 3.05) is 19.0 Å². The molecule has 0 aliphatic carbocycles. The fraction of sp³-hybridized carbons (Fsp3) is 0.429. The van der Waals surface area contributed by atoms with Crippen LogP contribution in [-0.2, 0) is 4.79 Å². The second-order valence-electron chi connectivity index (χ2n) is 4.59. The van der Waals surface area contributed by atoms with Gasteiger partial charge in [-0.3, -0.25) is 4.79 Å². The molecule has 0 saturated heterocycles. The summed E-state index contributed by atoms with van der Waals surface area (Å²) in [6.07, 6.45) is 0.393. The van der Waals surface area contributed by atoms with Crippen LogP contribution in [-0.4, -0.2) is 30.8 Å². The first-order valence-corrected chi connectivity index (χ1v) is 6.36. The van der Waals surface area contributed by atoms with E-state index in [-0.39, 0.29) is 6.03 Å². The number of ether oxygens (including phenoxy) is 1. The van der Waals surface area contributed by atoms with Gasteiger partial charge in [0.2, 0.25) is 0 Å². The Balaban J connectivity index is 2.44. The van der Waals surface area contributed by atoms with Gasteiger partial charge >= 0.3 is 12.0 Å². The Morgan fingerprint density at radius 3 is 2.65 bits per heavy atom. The molecular weight excluding hydrogens is 260 g/mol. The Kier molecular flexibility index (Phi) is 5.83. The number of hydrogen-bond acceptors (Lipinski definition) is 3. The molecule has 0 saturated carbocycles. The second-order valence-corrected chi connectivity index (χ2v) is 4.59. The predicted molar refractivity (Wildman–Crippen MR) is 76.2 cm³/mol. The molecule has 1 atom stereocenters. The third-order valence-corrected chi connectivity index (χ3v) is 2.97.